The highest BCUT2D eigenvalue weighted by Gasteiger charge is 2.19. The molecule has 0 radical (unpaired) electrons. The van der Waals surface area contributed by atoms with Crippen molar-refractivity contribution < 1.29 is 0 Å². The predicted molar refractivity (Wildman–Crippen MR) is 79.7 cm³/mol. The van der Waals surface area contributed by atoms with Gasteiger partial charge in [0, 0.05) is 11.6 Å². The highest BCUT2D eigenvalue weighted by molar-refractivity contribution is 7.15. The minimum absolute atomic E-state index is 0.307. The molecule has 0 spiro atoms. The zero-order valence-corrected chi connectivity index (χ0v) is 12.2. The molecule has 0 N–H and O–H groups in total. The fourth-order valence-corrected chi connectivity index (χ4v) is 3.24. The molecule has 0 amide bonds. The van der Waals surface area contributed by atoms with E-state index in [0.717, 1.165) is 27.7 Å². The molecule has 20 heavy (non-hydrogen) atoms. The van der Waals surface area contributed by atoms with Crippen LogP contribution in [0.1, 0.15) is 31.2 Å². The molecule has 0 fully saturated rings. The first kappa shape index (κ1) is 12.8. The third kappa shape index (κ3) is 1.98. The second kappa shape index (κ2) is 5.06. The van der Waals surface area contributed by atoms with E-state index in [1.165, 1.54) is 0 Å². The van der Waals surface area contributed by atoms with Gasteiger partial charge < -0.3 is 0 Å². The van der Waals surface area contributed by atoms with Crippen molar-refractivity contribution in [2.45, 2.75) is 26.2 Å². The van der Waals surface area contributed by atoms with Crippen molar-refractivity contribution in [2.75, 3.05) is 0 Å². The molecule has 0 aliphatic heterocycles. The molecule has 4 nitrogen and oxygen atoms in total. The second-order valence-corrected chi connectivity index (χ2v) is 5.72. The number of fused-ring (bicyclic) bond motifs is 1. The van der Waals surface area contributed by atoms with Crippen LogP contribution in [0.2, 0.25) is 0 Å². The van der Waals surface area contributed by atoms with Crippen molar-refractivity contribution in [1.82, 2.24) is 14.4 Å². The average Bonchev–Trinajstić information content (AvgIpc) is 3.00. The van der Waals surface area contributed by atoms with Gasteiger partial charge in [0.2, 0.25) is 0 Å². The van der Waals surface area contributed by atoms with Crippen LogP contribution in [-0.4, -0.2) is 14.4 Å². The summed E-state index contributed by atoms with van der Waals surface area (Å²) < 4.78 is 2.07. The molecule has 0 unspecified atom stereocenters. The number of thiazole rings is 1. The van der Waals surface area contributed by atoms with Crippen LogP contribution in [0.3, 0.4) is 0 Å². The minimum Gasteiger partial charge on any atom is -0.284 e. The number of nitriles is 1. The van der Waals surface area contributed by atoms with Gasteiger partial charge in [0.1, 0.15) is 0 Å². The minimum atomic E-state index is 0.307. The third-order valence-corrected chi connectivity index (χ3v) is 4.04. The van der Waals surface area contributed by atoms with Gasteiger partial charge >= 0.3 is 0 Å². The number of imidazole rings is 1. The Labute approximate surface area is 121 Å². The van der Waals surface area contributed by atoms with Crippen molar-refractivity contribution in [2.24, 2.45) is 0 Å². The Bertz CT molecular complexity index is 777. The SMILES string of the molecule is CC(C)c1nc2scc(-c3ccccn3)n2c1CC#N. The van der Waals surface area contributed by atoms with Crippen LogP contribution in [0.15, 0.2) is 29.8 Å². The number of hydrogen-bond acceptors (Lipinski definition) is 4. The topological polar surface area (TPSA) is 54.0 Å². The van der Waals surface area contributed by atoms with Crippen LogP contribution in [0, 0.1) is 11.3 Å². The molecule has 3 heterocycles. The van der Waals surface area contributed by atoms with Gasteiger partial charge in [-0.3, -0.25) is 9.38 Å². The zero-order valence-electron chi connectivity index (χ0n) is 11.4. The van der Waals surface area contributed by atoms with Crippen LogP contribution in [-0.2, 0) is 6.42 Å². The highest BCUT2D eigenvalue weighted by atomic mass is 32.1. The number of rotatable bonds is 3. The summed E-state index contributed by atoms with van der Waals surface area (Å²) in [6.45, 7) is 4.21. The lowest BCUT2D eigenvalue weighted by Gasteiger charge is -2.05. The third-order valence-electron chi connectivity index (χ3n) is 3.21. The van der Waals surface area contributed by atoms with E-state index in [0.29, 0.717) is 12.3 Å². The molecule has 5 heteroatoms. The Morgan fingerprint density at radius 3 is 2.90 bits per heavy atom. The summed E-state index contributed by atoms with van der Waals surface area (Å²) in [7, 11) is 0. The van der Waals surface area contributed by atoms with E-state index in [1.54, 1.807) is 17.5 Å². The van der Waals surface area contributed by atoms with Crippen LogP contribution in [0.4, 0.5) is 0 Å². The Balaban J connectivity index is 2.28. The second-order valence-electron chi connectivity index (χ2n) is 4.89. The maximum Gasteiger partial charge on any atom is 0.194 e. The molecule has 0 aliphatic carbocycles. The summed E-state index contributed by atoms with van der Waals surface area (Å²) in [6.07, 6.45) is 2.15. The molecule has 0 aliphatic rings. The first-order chi connectivity index (χ1) is 9.72. The Morgan fingerprint density at radius 1 is 1.40 bits per heavy atom. The molecular weight excluding hydrogens is 268 g/mol. The standard InChI is InChI=1S/C15H14N4S/c1-10(2)14-12(6-7-16)19-13(9-20-15(19)18-14)11-5-3-4-8-17-11/h3-5,8-10H,6H2,1-2H3. The van der Waals surface area contributed by atoms with E-state index in [-0.39, 0.29) is 0 Å². The summed E-state index contributed by atoms with van der Waals surface area (Å²) in [5, 5.41) is 11.2. The van der Waals surface area contributed by atoms with E-state index in [1.807, 2.05) is 18.2 Å². The fraction of sp³-hybridized carbons (Fsp3) is 0.267. The quantitative estimate of drug-likeness (QED) is 0.737. The lowest BCUT2D eigenvalue weighted by Crippen LogP contribution is -1.99. The molecule has 3 aromatic heterocycles. The van der Waals surface area contributed by atoms with Crippen LogP contribution >= 0.6 is 11.3 Å². The summed E-state index contributed by atoms with van der Waals surface area (Å²) >= 11 is 1.59. The monoisotopic (exact) mass is 282 g/mol. The van der Waals surface area contributed by atoms with Gasteiger partial charge in [-0.05, 0) is 18.1 Å². The summed E-state index contributed by atoms with van der Waals surface area (Å²) in [5.41, 5.74) is 3.91. The van der Waals surface area contributed by atoms with Gasteiger partial charge in [-0.25, -0.2) is 4.98 Å². The van der Waals surface area contributed by atoms with Crippen LogP contribution in [0.5, 0.6) is 0 Å². The van der Waals surface area contributed by atoms with E-state index in [2.05, 4.69) is 39.7 Å². The van der Waals surface area contributed by atoms with E-state index >= 15 is 0 Å². The predicted octanol–water partition coefficient (Wildman–Crippen LogP) is 3.65. The Morgan fingerprint density at radius 2 is 2.25 bits per heavy atom. The normalized spacial score (nSPS) is 11.1. The first-order valence-corrected chi connectivity index (χ1v) is 7.37. The van der Waals surface area contributed by atoms with Crippen molar-refractivity contribution in [3.05, 3.63) is 41.2 Å². The molecular formula is C15H14N4S. The van der Waals surface area contributed by atoms with Gasteiger partial charge in [0.15, 0.2) is 4.96 Å². The smallest absolute Gasteiger partial charge is 0.194 e. The zero-order chi connectivity index (χ0) is 14.1. The molecule has 0 atom stereocenters. The van der Waals surface area contributed by atoms with Crippen molar-refractivity contribution >= 4 is 16.3 Å². The van der Waals surface area contributed by atoms with Gasteiger partial charge in [0.25, 0.3) is 0 Å². The number of hydrogen-bond donors (Lipinski definition) is 0. The van der Waals surface area contributed by atoms with Gasteiger partial charge in [-0.2, -0.15) is 5.26 Å². The van der Waals surface area contributed by atoms with E-state index in [4.69, 9.17) is 5.26 Å². The van der Waals surface area contributed by atoms with Crippen LogP contribution in [0.25, 0.3) is 16.3 Å². The van der Waals surface area contributed by atoms with E-state index in [9.17, 15) is 0 Å². The molecule has 0 aromatic carbocycles. The average molecular weight is 282 g/mol. The van der Waals surface area contributed by atoms with Gasteiger partial charge in [-0.1, -0.05) is 19.9 Å². The van der Waals surface area contributed by atoms with Gasteiger partial charge in [0.05, 0.1) is 35.3 Å². The molecule has 0 bridgehead atoms. The van der Waals surface area contributed by atoms with Crippen molar-refractivity contribution in [3.63, 3.8) is 0 Å². The van der Waals surface area contributed by atoms with Gasteiger partial charge in [-0.15, -0.1) is 11.3 Å². The van der Waals surface area contributed by atoms with E-state index < -0.39 is 0 Å². The van der Waals surface area contributed by atoms with Crippen molar-refractivity contribution in [1.29, 1.82) is 5.26 Å². The number of nitrogens with zero attached hydrogens (tertiary/aromatic N) is 4. The van der Waals surface area contributed by atoms with Crippen LogP contribution < -0.4 is 0 Å². The largest absolute Gasteiger partial charge is 0.284 e. The summed E-state index contributed by atoms with van der Waals surface area (Å²) in [4.78, 5) is 10.0. The molecule has 100 valence electrons. The lowest BCUT2D eigenvalue weighted by atomic mass is 10.1. The molecule has 0 saturated heterocycles. The fourth-order valence-electron chi connectivity index (χ4n) is 2.33. The first-order valence-electron chi connectivity index (χ1n) is 6.49. The number of aromatic nitrogens is 3. The summed E-state index contributed by atoms with van der Waals surface area (Å²) in [5.74, 6) is 0.307. The highest BCUT2D eigenvalue weighted by Crippen LogP contribution is 2.30. The maximum atomic E-state index is 9.10. The Kier molecular flexibility index (Phi) is 3.25. The molecule has 3 aromatic rings. The Hall–Kier alpha value is -2.19. The summed E-state index contributed by atoms with van der Waals surface area (Å²) in [6, 6.07) is 8.10. The molecule has 0 saturated carbocycles. The molecule has 3 rings (SSSR count). The van der Waals surface area contributed by atoms with Crippen molar-refractivity contribution in [3.8, 4) is 17.5 Å². The number of pyridine rings is 1. The maximum absolute atomic E-state index is 9.10. The lowest BCUT2D eigenvalue weighted by molar-refractivity contribution is 0.814.